The molecule has 0 atom stereocenters. The summed E-state index contributed by atoms with van der Waals surface area (Å²) >= 11 is 0. The Balaban J connectivity index is 1.68. The van der Waals surface area contributed by atoms with Gasteiger partial charge in [0.1, 0.15) is 18.1 Å². The Labute approximate surface area is 123 Å². The Morgan fingerprint density at radius 1 is 1.29 bits per heavy atom. The van der Waals surface area contributed by atoms with E-state index in [0.29, 0.717) is 25.5 Å². The molecule has 0 aliphatic carbocycles. The highest BCUT2D eigenvalue weighted by Gasteiger charge is 2.10. The van der Waals surface area contributed by atoms with Crippen LogP contribution >= 0.6 is 0 Å². The molecule has 1 aromatic carbocycles. The standard InChI is InChI=1S/C16H19NO4/c1-12-4-3-5-13(10-12)20-9-8-17-11-14-6-7-15(21-14)16(18)19-2/h3-7,10,17H,8-9,11H2,1-2H3. The van der Waals surface area contributed by atoms with Crippen molar-refractivity contribution in [3.05, 3.63) is 53.5 Å². The second-order valence-corrected chi connectivity index (χ2v) is 4.60. The van der Waals surface area contributed by atoms with E-state index in [9.17, 15) is 4.79 Å². The number of carbonyl (C=O) groups is 1. The first-order valence-electron chi connectivity index (χ1n) is 6.76. The number of hydrogen-bond acceptors (Lipinski definition) is 5. The largest absolute Gasteiger partial charge is 0.492 e. The normalized spacial score (nSPS) is 10.4. The van der Waals surface area contributed by atoms with E-state index in [-0.39, 0.29) is 5.76 Å². The number of methoxy groups -OCH3 is 1. The molecule has 0 amide bonds. The first kappa shape index (κ1) is 15.1. The predicted octanol–water partition coefficient (Wildman–Crippen LogP) is 2.54. The monoisotopic (exact) mass is 289 g/mol. The highest BCUT2D eigenvalue weighted by atomic mass is 16.5. The topological polar surface area (TPSA) is 60.7 Å². The molecule has 0 aliphatic rings. The van der Waals surface area contributed by atoms with E-state index in [1.807, 2.05) is 31.2 Å². The lowest BCUT2D eigenvalue weighted by Gasteiger charge is -2.07. The predicted molar refractivity (Wildman–Crippen MR) is 78.4 cm³/mol. The number of hydrogen-bond donors (Lipinski definition) is 1. The number of aryl methyl sites for hydroxylation is 1. The van der Waals surface area contributed by atoms with Crippen molar-refractivity contribution >= 4 is 5.97 Å². The third-order valence-electron chi connectivity index (χ3n) is 2.88. The minimum atomic E-state index is -0.468. The van der Waals surface area contributed by atoms with Gasteiger partial charge >= 0.3 is 5.97 Å². The third kappa shape index (κ3) is 4.65. The van der Waals surface area contributed by atoms with Gasteiger partial charge in [-0.25, -0.2) is 4.79 Å². The molecule has 0 fully saturated rings. The molecule has 0 radical (unpaired) electrons. The second-order valence-electron chi connectivity index (χ2n) is 4.60. The summed E-state index contributed by atoms with van der Waals surface area (Å²) in [6, 6.07) is 11.3. The van der Waals surface area contributed by atoms with Crippen LogP contribution in [0.5, 0.6) is 5.75 Å². The number of benzene rings is 1. The fourth-order valence-electron chi connectivity index (χ4n) is 1.84. The van der Waals surface area contributed by atoms with Gasteiger partial charge in [0.2, 0.25) is 5.76 Å². The van der Waals surface area contributed by atoms with Gasteiger partial charge in [0.05, 0.1) is 13.7 Å². The molecule has 5 heteroatoms. The van der Waals surface area contributed by atoms with Gasteiger partial charge in [0.25, 0.3) is 0 Å². The Bertz CT molecular complexity index is 591. The zero-order valence-corrected chi connectivity index (χ0v) is 12.2. The Morgan fingerprint density at radius 3 is 2.90 bits per heavy atom. The Kier molecular flexibility index (Phi) is 5.40. The number of ether oxygens (including phenoxy) is 2. The molecule has 2 rings (SSSR count). The first-order valence-corrected chi connectivity index (χ1v) is 6.76. The van der Waals surface area contributed by atoms with E-state index in [1.165, 1.54) is 12.7 Å². The SMILES string of the molecule is COC(=O)c1ccc(CNCCOc2cccc(C)c2)o1. The van der Waals surface area contributed by atoms with Crippen LogP contribution in [0.15, 0.2) is 40.8 Å². The lowest BCUT2D eigenvalue weighted by molar-refractivity contribution is 0.0563. The van der Waals surface area contributed by atoms with Crippen molar-refractivity contribution in [3.63, 3.8) is 0 Å². The van der Waals surface area contributed by atoms with Crippen LogP contribution in [0.25, 0.3) is 0 Å². The van der Waals surface area contributed by atoms with E-state index in [4.69, 9.17) is 9.15 Å². The molecule has 1 heterocycles. The maximum Gasteiger partial charge on any atom is 0.373 e. The molecule has 0 bridgehead atoms. The molecule has 0 saturated carbocycles. The molecular weight excluding hydrogens is 270 g/mol. The summed E-state index contributed by atoms with van der Waals surface area (Å²) < 4.78 is 15.5. The highest BCUT2D eigenvalue weighted by molar-refractivity contribution is 5.86. The maximum atomic E-state index is 11.2. The second kappa shape index (κ2) is 7.50. The lowest BCUT2D eigenvalue weighted by Crippen LogP contribution is -2.20. The van der Waals surface area contributed by atoms with Crippen LogP contribution in [0.3, 0.4) is 0 Å². The molecule has 21 heavy (non-hydrogen) atoms. The number of furan rings is 1. The Hall–Kier alpha value is -2.27. The highest BCUT2D eigenvalue weighted by Crippen LogP contribution is 2.12. The van der Waals surface area contributed by atoms with Crippen molar-refractivity contribution in [1.82, 2.24) is 5.32 Å². The van der Waals surface area contributed by atoms with Gasteiger partial charge in [0, 0.05) is 6.54 Å². The summed E-state index contributed by atoms with van der Waals surface area (Å²) in [6.07, 6.45) is 0. The Morgan fingerprint density at radius 2 is 2.14 bits per heavy atom. The van der Waals surface area contributed by atoms with Crippen LogP contribution in [0.1, 0.15) is 21.9 Å². The van der Waals surface area contributed by atoms with Gasteiger partial charge in [-0.2, -0.15) is 0 Å². The zero-order chi connectivity index (χ0) is 15.1. The van der Waals surface area contributed by atoms with Crippen molar-refractivity contribution in [2.75, 3.05) is 20.3 Å². The summed E-state index contributed by atoms with van der Waals surface area (Å²) in [6.45, 7) is 3.81. The van der Waals surface area contributed by atoms with Gasteiger partial charge < -0.3 is 19.2 Å². The fraction of sp³-hybridized carbons (Fsp3) is 0.312. The van der Waals surface area contributed by atoms with E-state index in [0.717, 1.165) is 5.75 Å². The molecule has 0 unspecified atom stereocenters. The van der Waals surface area contributed by atoms with Crippen LogP contribution in [0.4, 0.5) is 0 Å². The number of rotatable bonds is 7. The molecule has 112 valence electrons. The maximum absolute atomic E-state index is 11.2. The smallest absolute Gasteiger partial charge is 0.373 e. The molecule has 1 N–H and O–H groups in total. The molecular formula is C16H19NO4. The molecule has 2 aromatic rings. The van der Waals surface area contributed by atoms with Crippen molar-refractivity contribution in [2.24, 2.45) is 0 Å². The fourth-order valence-corrected chi connectivity index (χ4v) is 1.84. The van der Waals surface area contributed by atoms with E-state index >= 15 is 0 Å². The molecule has 1 aromatic heterocycles. The van der Waals surface area contributed by atoms with Gasteiger partial charge in [-0.3, -0.25) is 0 Å². The molecule has 0 spiro atoms. The van der Waals surface area contributed by atoms with Gasteiger partial charge in [-0.1, -0.05) is 12.1 Å². The first-order chi connectivity index (χ1) is 10.2. The van der Waals surface area contributed by atoms with Crippen LogP contribution in [0.2, 0.25) is 0 Å². The lowest BCUT2D eigenvalue weighted by atomic mass is 10.2. The number of carbonyl (C=O) groups excluding carboxylic acids is 1. The number of nitrogens with one attached hydrogen (secondary N) is 1. The van der Waals surface area contributed by atoms with Crippen molar-refractivity contribution in [1.29, 1.82) is 0 Å². The van der Waals surface area contributed by atoms with Crippen LogP contribution < -0.4 is 10.1 Å². The third-order valence-corrected chi connectivity index (χ3v) is 2.88. The van der Waals surface area contributed by atoms with E-state index in [2.05, 4.69) is 10.1 Å². The summed E-state index contributed by atoms with van der Waals surface area (Å²) in [7, 11) is 1.32. The van der Waals surface area contributed by atoms with Crippen LogP contribution in [-0.4, -0.2) is 26.2 Å². The van der Waals surface area contributed by atoms with Gasteiger partial charge in [0.15, 0.2) is 0 Å². The van der Waals surface area contributed by atoms with Crippen molar-refractivity contribution in [3.8, 4) is 5.75 Å². The quantitative estimate of drug-likeness (QED) is 0.627. The summed E-state index contributed by atoms with van der Waals surface area (Å²) in [5, 5.41) is 3.19. The van der Waals surface area contributed by atoms with E-state index < -0.39 is 5.97 Å². The molecule has 0 saturated heterocycles. The van der Waals surface area contributed by atoms with Crippen LogP contribution in [-0.2, 0) is 11.3 Å². The van der Waals surface area contributed by atoms with Crippen molar-refractivity contribution in [2.45, 2.75) is 13.5 Å². The molecule has 5 nitrogen and oxygen atoms in total. The zero-order valence-electron chi connectivity index (χ0n) is 12.2. The number of esters is 1. The summed E-state index contributed by atoms with van der Waals surface area (Å²) in [5.74, 6) is 1.29. The minimum absolute atomic E-state index is 0.213. The average Bonchev–Trinajstić information content (AvgIpc) is 2.95. The van der Waals surface area contributed by atoms with Crippen LogP contribution in [0, 0.1) is 6.92 Å². The van der Waals surface area contributed by atoms with Gasteiger partial charge in [-0.05, 0) is 36.8 Å². The minimum Gasteiger partial charge on any atom is -0.492 e. The summed E-state index contributed by atoms with van der Waals surface area (Å²) in [4.78, 5) is 11.2. The average molecular weight is 289 g/mol. The van der Waals surface area contributed by atoms with Gasteiger partial charge in [-0.15, -0.1) is 0 Å². The van der Waals surface area contributed by atoms with E-state index in [1.54, 1.807) is 12.1 Å². The van der Waals surface area contributed by atoms with Crippen molar-refractivity contribution < 1.29 is 18.7 Å². The molecule has 0 aliphatic heterocycles. The summed E-state index contributed by atoms with van der Waals surface area (Å²) in [5.41, 5.74) is 1.17.